The van der Waals surface area contributed by atoms with Gasteiger partial charge in [-0.25, -0.2) is 12.8 Å². The lowest BCUT2D eigenvalue weighted by atomic mass is 10.1. The summed E-state index contributed by atoms with van der Waals surface area (Å²) >= 11 is 0. The highest BCUT2D eigenvalue weighted by molar-refractivity contribution is 7.92. The summed E-state index contributed by atoms with van der Waals surface area (Å²) in [5, 5.41) is 2.74. The van der Waals surface area contributed by atoms with Crippen molar-refractivity contribution in [3.63, 3.8) is 0 Å². The molecule has 0 aromatic heterocycles. The van der Waals surface area contributed by atoms with E-state index in [0.29, 0.717) is 25.3 Å². The Morgan fingerprint density at radius 1 is 1.12 bits per heavy atom. The number of hydrogen-bond acceptors (Lipinski definition) is 4. The van der Waals surface area contributed by atoms with Gasteiger partial charge in [0.2, 0.25) is 5.91 Å². The largest absolute Gasteiger partial charge is 0.381 e. The molecule has 132 valence electrons. The van der Waals surface area contributed by atoms with Crippen molar-refractivity contribution in [3.8, 4) is 0 Å². The van der Waals surface area contributed by atoms with Crippen molar-refractivity contribution in [2.75, 3.05) is 23.3 Å². The number of carbonyl (C=O) groups excluding carboxylic acids is 1. The van der Waals surface area contributed by atoms with Crippen molar-refractivity contribution in [2.45, 2.75) is 11.3 Å². The summed E-state index contributed by atoms with van der Waals surface area (Å²) < 4.78 is 45.3. The van der Waals surface area contributed by atoms with Crippen molar-refractivity contribution in [3.05, 3.63) is 54.3 Å². The van der Waals surface area contributed by atoms with Gasteiger partial charge in [-0.2, -0.15) is 0 Å². The Hall–Kier alpha value is -2.45. The Balaban J connectivity index is 1.69. The number of halogens is 1. The van der Waals surface area contributed by atoms with Gasteiger partial charge in [0.05, 0.1) is 23.1 Å². The molecule has 6 nitrogen and oxygen atoms in total. The first kappa shape index (κ1) is 17.4. The van der Waals surface area contributed by atoms with Crippen molar-refractivity contribution in [2.24, 2.45) is 5.92 Å². The molecular weight excluding hydrogens is 347 g/mol. The van der Waals surface area contributed by atoms with Crippen LogP contribution in [0.5, 0.6) is 0 Å². The number of ether oxygens (including phenoxy) is 1. The summed E-state index contributed by atoms with van der Waals surface area (Å²) in [6.45, 7) is 0.969. The molecule has 0 bridgehead atoms. The third kappa shape index (κ3) is 4.34. The number of sulfonamides is 1. The second-order valence-electron chi connectivity index (χ2n) is 5.69. The van der Waals surface area contributed by atoms with Gasteiger partial charge in [0.1, 0.15) is 5.82 Å². The van der Waals surface area contributed by atoms with Crippen molar-refractivity contribution in [1.82, 2.24) is 0 Å². The van der Waals surface area contributed by atoms with Crippen molar-refractivity contribution >= 4 is 27.3 Å². The summed E-state index contributed by atoms with van der Waals surface area (Å²) in [5.74, 6) is -0.863. The third-order valence-electron chi connectivity index (χ3n) is 3.81. The lowest BCUT2D eigenvalue weighted by Crippen LogP contribution is -2.22. The molecule has 0 radical (unpaired) electrons. The van der Waals surface area contributed by atoms with E-state index in [-0.39, 0.29) is 22.4 Å². The Kier molecular flexibility index (Phi) is 5.00. The third-order valence-corrected chi connectivity index (χ3v) is 5.21. The average molecular weight is 364 g/mol. The Bertz CT molecular complexity index is 862. The van der Waals surface area contributed by atoms with Gasteiger partial charge in [-0.1, -0.05) is 6.07 Å². The number of rotatable bonds is 5. The number of benzene rings is 2. The van der Waals surface area contributed by atoms with Crippen LogP contribution in [-0.4, -0.2) is 27.5 Å². The van der Waals surface area contributed by atoms with Gasteiger partial charge in [-0.3, -0.25) is 9.52 Å². The predicted molar refractivity (Wildman–Crippen MR) is 91.2 cm³/mol. The Labute approximate surface area is 145 Å². The lowest BCUT2D eigenvalue weighted by molar-refractivity contribution is -0.119. The van der Waals surface area contributed by atoms with E-state index in [1.807, 2.05) is 0 Å². The number of hydrogen-bond donors (Lipinski definition) is 2. The highest BCUT2D eigenvalue weighted by Crippen LogP contribution is 2.20. The molecule has 3 rings (SSSR count). The lowest BCUT2D eigenvalue weighted by Gasteiger charge is -2.11. The van der Waals surface area contributed by atoms with Gasteiger partial charge >= 0.3 is 0 Å². The standard InChI is InChI=1S/C17H17FN2O4S/c18-13-2-1-3-15(10-13)20-25(22,23)16-6-4-14(5-7-16)19-17(21)12-8-9-24-11-12/h1-7,10,12,20H,8-9,11H2,(H,19,21). The highest BCUT2D eigenvalue weighted by Gasteiger charge is 2.23. The van der Waals surface area contributed by atoms with Crippen LogP contribution < -0.4 is 10.0 Å². The van der Waals surface area contributed by atoms with Gasteiger partial charge in [-0.05, 0) is 48.9 Å². The molecule has 0 spiro atoms. The molecule has 1 aliphatic rings. The molecule has 1 fully saturated rings. The van der Waals surface area contributed by atoms with Crippen molar-refractivity contribution < 1.29 is 22.3 Å². The molecule has 2 N–H and O–H groups in total. The molecule has 1 heterocycles. The van der Waals surface area contributed by atoms with Crippen LogP contribution >= 0.6 is 0 Å². The molecule has 8 heteroatoms. The van der Waals surface area contributed by atoms with Crippen LogP contribution in [0.3, 0.4) is 0 Å². The molecule has 1 saturated heterocycles. The van der Waals surface area contributed by atoms with Crippen LogP contribution in [0, 0.1) is 11.7 Å². The van der Waals surface area contributed by atoms with E-state index in [9.17, 15) is 17.6 Å². The molecule has 1 amide bonds. The van der Waals surface area contributed by atoms with Crippen LogP contribution in [0.4, 0.5) is 15.8 Å². The number of amides is 1. The average Bonchev–Trinajstić information content (AvgIpc) is 3.09. The van der Waals surface area contributed by atoms with Crippen LogP contribution in [0.1, 0.15) is 6.42 Å². The zero-order valence-electron chi connectivity index (χ0n) is 13.2. The SMILES string of the molecule is O=C(Nc1ccc(S(=O)(=O)Nc2cccc(F)c2)cc1)C1CCOC1. The maximum atomic E-state index is 13.2. The van der Waals surface area contributed by atoms with E-state index in [0.717, 1.165) is 6.07 Å². The van der Waals surface area contributed by atoms with E-state index in [2.05, 4.69) is 10.0 Å². The fraction of sp³-hybridized carbons (Fsp3) is 0.235. The molecule has 2 aromatic carbocycles. The first-order chi connectivity index (χ1) is 11.9. The first-order valence-electron chi connectivity index (χ1n) is 7.71. The smallest absolute Gasteiger partial charge is 0.261 e. The summed E-state index contributed by atoms with van der Waals surface area (Å²) in [7, 11) is -3.84. The monoisotopic (exact) mass is 364 g/mol. The maximum absolute atomic E-state index is 13.2. The summed E-state index contributed by atoms with van der Waals surface area (Å²) in [6.07, 6.45) is 0.676. The molecular formula is C17H17FN2O4S. The first-order valence-corrected chi connectivity index (χ1v) is 9.19. The molecule has 1 atom stereocenters. The number of anilines is 2. The van der Waals surface area contributed by atoms with Gasteiger partial charge in [0, 0.05) is 12.3 Å². The molecule has 2 aromatic rings. The van der Waals surface area contributed by atoms with Gasteiger partial charge < -0.3 is 10.1 Å². The predicted octanol–water partition coefficient (Wildman–Crippen LogP) is 2.60. The summed E-state index contributed by atoms with van der Waals surface area (Å²) in [4.78, 5) is 12.0. The normalized spacial score (nSPS) is 17.2. The summed E-state index contributed by atoms with van der Waals surface area (Å²) in [6, 6.07) is 11.0. The Morgan fingerprint density at radius 3 is 2.52 bits per heavy atom. The van der Waals surface area contributed by atoms with E-state index >= 15 is 0 Å². The minimum Gasteiger partial charge on any atom is -0.381 e. The molecule has 25 heavy (non-hydrogen) atoms. The van der Waals surface area contributed by atoms with Crippen LogP contribution in [0.15, 0.2) is 53.4 Å². The van der Waals surface area contributed by atoms with Gasteiger partial charge in [0.15, 0.2) is 0 Å². The van der Waals surface area contributed by atoms with Crippen molar-refractivity contribution in [1.29, 1.82) is 0 Å². The fourth-order valence-corrected chi connectivity index (χ4v) is 3.52. The van der Waals surface area contributed by atoms with E-state index in [1.54, 1.807) is 0 Å². The van der Waals surface area contributed by atoms with Crippen LogP contribution in [-0.2, 0) is 19.6 Å². The van der Waals surface area contributed by atoms with Gasteiger partial charge in [0.25, 0.3) is 10.0 Å². The van der Waals surface area contributed by atoms with Crippen LogP contribution in [0.2, 0.25) is 0 Å². The molecule has 0 saturated carbocycles. The topological polar surface area (TPSA) is 84.5 Å². The molecule has 1 aliphatic heterocycles. The number of nitrogens with one attached hydrogen (secondary N) is 2. The number of carbonyl (C=O) groups is 1. The van der Waals surface area contributed by atoms with E-state index in [4.69, 9.17) is 4.74 Å². The zero-order valence-corrected chi connectivity index (χ0v) is 14.1. The maximum Gasteiger partial charge on any atom is 0.261 e. The fourth-order valence-electron chi connectivity index (χ4n) is 2.47. The quantitative estimate of drug-likeness (QED) is 0.854. The Morgan fingerprint density at radius 2 is 1.88 bits per heavy atom. The zero-order chi connectivity index (χ0) is 17.9. The van der Waals surface area contributed by atoms with Crippen LogP contribution in [0.25, 0.3) is 0 Å². The second-order valence-corrected chi connectivity index (χ2v) is 7.37. The van der Waals surface area contributed by atoms with E-state index in [1.165, 1.54) is 42.5 Å². The minimum absolute atomic E-state index is 0.0129. The summed E-state index contributed by atoms with van der Waals surface area (Å²) in [5.41, 5.74) is 0.639. The highest BCUT2D eigenvalue weighted by atomic mass is 32.2. The van der Waals surface area contributed by atoms with E-state index < -0.39 is 15.8 Å². The van der Waals surface area contributed by atoms with Gasteiger partial charge in [-0.15, -0.1) is 0 Å². The molecule has 0 aliphatic carbocycles. The minimum atomic E-state index is -3.84. The second kappa shape index (κ2) is 7.20. The molecule has 1 unspecified atom stereocenters.